The maximum atomic E-state index is 12.0. The van der Waals surface area contributed by atoms with E-state index >= 15 is 0 Å². The van der Waals surface area contributed by atoms with Gasteiger partial charge in [-0.1, -0.05) is 24.3 Å². The Morgan fingerprint density at radius 1 is 1.17 bits per heavy atom. The first-order valence-electron chi connectivity index (χ1n) is 6.91. The topological polar surface area (TPSA) is 99.4 Å². The van der Waals surface area contributed by atoms with Crippen LogP contribution in [0.4, 0.5) is 0 Å². The highest BCUT2D eigenvalue weighted by molar-refractivity contribution is 7.89. The molecule has 7 heteroatoms. The first kappa shape index (κ1) is 15.4. The molecule has 0 spiro atoms. The van der Waals surface area contributed by atoms with Crippen molar-refractivity contribution < 1.29 is 17.9 Å². The molecule has 0 amide bonds. The molecular weight excluding hydrogens is 316 g/mol. The van der Waals surface area contributed by atoms with Gasteiger partial charge in [0.25, 0.3) is 0 Å². The molecule has 1 fully saturated rings. The second kappa shape index (κ2) is 5.94. The number of primary sulfonamides is 1. The van der Waals surface area contributed by atoms with E-state index in [0.29, 0.717) is 28.7 Å². The standard InChI is InChI=1S/C16H14N2O4S/c17-23(20,21)14-6-2-1-5-12(14)15(11-4-3-8-18-10-11)13-7-9-22-16(13)19/h1-6,8,10H,7,9H2,(H2,17,20,21)/b15-13-. The van der Waals surface area contributed by atoms with Gasteiger partial charge in [-0.25, -0.2) is 18.4 Å². The fraction of sp³-hybridized carbons (Fsp3) is 0.125. The predicted molar refractivity (Wildman–Crippen MR) is 83.7 cm³/mol. The lowest BCUT2D eigenvalue weighted by Gasteiger charge is -2.14. The molecule has 1 aromatic heterocycles. The van der Waals surface area contributed by atoms with Crippen LogP contribution < -0.4 is 5.14 Å². The predicted octanol–water partition coefficient (Wildman–Crippen LogP) is 1.48. The van der Waals surface area contributed by atoms with Crippen LogP contribution >= 0.6 is 0 Å². The average molecular weight is 330 g/mol. The van der Waals surface area contributed by atoms with E-state index in [0.717, 1.165) is 0 Å². The lowest BCUT2D eigenvalue weighted by molar-refractivity contribution is -0.135. The number of ether oxygens (including phenoxy) is 1. The summed E-state index contributed by atoms with van der Waals surface area (Å²) >= 11 is 0. The smallest absolute Gasteiger partial charge is 0.334 e. The lowest BCUT2D eigenvalue weighted by atomic mass is 9.93. The van der Waals surface area contributed by atoms with Gasteiger partial charge in [0.2, 0.25) is 10.0 Å². The van der Waals surface area contributed by atoms with Crippen LogP contribution in [0.1, 0.15) is 17.5 Å². The molecule has 2 heterocycles. The second-order valence-electron chi connectivity index (χ2n) is 5.02. The molecule has 0 unspecified atom stereocenters. The van der Waals surface area contributed by atoms with Crippen molar-refractivity contribution in [2.45, 2.75) is 11.3 Å². The highest BCUT2D eigenvalue weighted by Crippen LogP contribution is 2.34. The summed E-state index contributed by atoms with van der Waals surface area (Å²) in [6.07, 6.45) is 3.58. The summed E-state index contributed by atoms with van der Waals surface area (Å²) in [4.78, 5) is 16.1. The van der Waals surface area contributed by atoms with Crippen molar-refractivity contribution in [1.82, 2.24) is 4.98 Å². The molecule has 0 radical (unpaired) electrons. The summed E-state index contributed by atoms with van der Waals surface area (Å²) in [5, 5.41) is 5.32. The first-order chi connectivity index (χ1) is 11.0. The molecule has 3 rings (SSSR count). The Kier molecular flexibility index (Phi) is 3.97. The van der Waals surface area contributed by atoms with Gasteiger partial charge >= 0.3 is 5.97 Å². The zero-order valence-corrected chi connectivity index (χ0v) is 12.9. The summed E-state index contributed by atoms with van der Waals surface area (Å²) in [6.45, 7) is 0.273. The molecular formula is C16H14N2O4S. The van der Waals surface area contributed by atoms with Crippen molar-refractivity contribution in [3.8, 4) is 0 Å². The van der Waals surface area contributed by atoms with Crippen molar-refractivity contribution in [2.24, 2.45) is 5.14 Å². The number of nitrogens with two attached hydrogens (primary N) is 1. The average Bonchev–Trinajstić information content (AvgIpc) is 2.94. The third-order valence-corrected chi connectivity index (χ3v) is 4.52. The third-order valence-electron chi connectivity index (χ3n) is 3.55. The summed E-state index contributed by atoms with van der Waals surface area (Å²) in [5.41, 5.74) is 1.92. The Balaban J connectivity index is 2.34. The van der Waals surface area contributed by atoms with Crippen LogP contribution in [0.25, 0.3) is 5.57 Å². The normalized spacial score (nSPS) is 17.0. The second-order valence-corrected chi connectivity index (χ2v) is 6.55. The number of carbonyl (C=O) groups excluding carboxylic acids is 1. The molecule has 118 valence electrons. The number of nitrogens with zero attached hydrogens (tertiary/aromatic N) is 1. The summed E-state index contributed by atoms with van der Waals surface area (Å²) in [7, 11) is -3.94. The maximum absolute atomic E-state index is 12.0. The number of hydrogen-bond acceptors (Lipinski definition) is 5. The Labute approximate surface area is 133 Å². The summed E-state index contributed by atoms with van der Waals surface area (Å²) in [5.74, 6) is -0.451. The number of cyclic esters (lactones) is 1. The van der Waals surface area contributed by atoms with E-state index in [-0.39, 0.29) is 11.5 Å². The van der Waals surface area contributed by atoms with Crippen LogP contribution in [-0.2, 0) is 19.6 Å². The van der Waals surface area contributed by atoms with E-state index in [1.807, 2.05) is 0 Å². The van der Waals surface area contributed by atoms with E-state index in [2.05, 4.69) is 4.98 Å². The molecule has 0 aliphatic carbocycles. The minimum absolute atomic E-state index is 0.0361. The van der Waals surface area contributed by atoms with Gasteiger partial charge in [0, 0.05) is 41.1 Å². The fourth-order valence-electron chi connectivity index (χ4n) is 2.59. The van der Waals surface area contributed by atoms with Crippen LogP contribution in [0.15, 0.2) is 59.3 Å². The molecule has 1 saturated heterocycles. The number of pyridine rings is 1. The molecule has 0 saturated carbocycles. The number of aromatic nitrogens is 1. The molecule has 1 aromatic carbocycles. The molecule has 1 aliphatic rings. The van der Waals surface area contributed by atoms with E-state index < -0.39 is 16.0 Å². The largest absolute Gasteiger partial charge is 0.462 e. The van der Waals surface area contributed by atoms with Gasteiger partial charge in [0.1, 0.15) is 0 Å². The Bertz CT molecular complexity index is 889. The minimum atomic E-state index is -3.94. The van der Waals surface area contributed by atoms with Gasteiger partial charge < -0.3 is 4.74 Å². The highest BCUT2D eigenvalue weighted by atomic mass is 32.2. The zero-order chi connectivity index (χ0) is 16.4. The number of sulfonamides is 1. The van der Waals surface area contributed by atoms with Gasteiger partial charge in [0.05, 0.1) is 11.5 Å². The van der Waals surface area contributed by atoms with E-state index in [9.17, 15) is 13.2 Å². The monoisotopic (exact) mass is 330 g/mol. The number of carbonyl (C=O) groups is 1. The first-order valence-corrected chi connectivity index (χ1v) is 8.46. The van der Waals surface area contributed by atoms with Gasteiger partial charge in [-0.05, 0) is 12.1 Å². The maximum Gasteiger partial charge on any atom is 0.334 e. The SMILES string of the molecule is NS(=O)(=O)c1ccccc1/C(=C1/CCOC1=O)c1cccnc1. The van der Waals surface area contributed by atoms with Crippen LogP contribution in [0, 0.1) is 0 Å². The van der Waals surface area contributed by atoms with Crippen molar-refractivity contribution >= 4 is 21.6 Å². The molecule has 2 N–H and O–H groups in total. The summed E-state index contributed by atoms with van der Waals surface area (Å²) < 4.78 is 28.8. The molecule has 1 aliphatic heterocycles. The van der Waals surface area contributed by atoms with Crippen molar-refractivity contribution in [1.29, 1.82) is 0 Å². The van der Waals surface area contributed by atoms with Crippen molar-refractivity contribution in [2.75, 3.05) is 6.61 Å². The number of rotatable bonds is 3. The molecule has 6 nitrogen and oxygen atoms in total. The van der Waals surface area contributed by atoms with Crippen LogP contribution in [0.2, 0.25) is 0 Å². The van der Waals surface area contributed by atoms with E-state index in [4.69, 9.17) is 9.88 Å². The summed E-state index contributed by atoms with van der Waals surface area (Å²) in [6, 6.07) is 9.81. The molecule has 2 aromatic rings. The van der Waals surface area contributed by atoms with Crippen LogP contribution in [0.3, 0.4) is 0 Å². The fourth-order valence-corrected chi connectivity index (χ4v) is 3.33. The Hall–Kier alpha value is -2.51. The van der Waals surface area contributed by atoms with Crippen LogP contribution in [0.5, 0.6) is 0 Å². The van der Waals surface area contributed by atoms with Crippen molar-refractivity contribution in [3.63, 3.8) is 0 Å². The van der Waals surface area contributed by atoms with Gasteiger partial charge in [0.15, 0.2) is 0 Å². The van der Waals surface area contributed by atoms with E-state index in [1.165, 1.54) is 6.07 Å². The quantitative estimate of drug-likeness (QED) is 0.679. The molecule has 0 bridgehead atoms. The van der Waals surface area contributed by atoms with Crippen molar-refractivity contribution in [3.05, 3.63) is 65.5 Å². The Morgan fingerprint density at radius 3 is 2.57 bits per heavy atom. The Morgan fingerprint density at radius 2 is 1.96 bits per heavy atom. The number of benzene rings is 1. The molecule has 23 heavy (non-hydrogen) atoms. The molecule has 0 atom stereocenters. The number of hydrogen-bond donors (Lipinski definition) is 1. The van der Waals surface area contributed by atoms with Crippen LogP contribution in [-0.4, -0.2) is 26.0 Å². The lowest BCUT2D eigenvalue weighted by Crippen LogP contribution is -2.15. The highest BCUT2D eigenvalue weighted by Gasteiger charge is 2.27. The minimum Gasteiger partial charge on any atom is -0.462 e. The van der Waals surface area contributed by atoms with Gasteiger partial charge in [-0.2, -0.15) is 0 Å². The zero-order valence-electron chi connectivity index (χ0n) is 12.1. The van der Waals surface area contributed by atoms with Gasteiger partial charge in [-0.3, -0.25) is 4.98 Å². The number of esters is 1. The van der Waals surface area contributed by atoms with E-state index in [1.54, 1.807) is 42.7 Å². The third kappa shape index (κ3) is 3.01. The van der Waals surface area contributed by atoms with Gasteiger partial charge in [-0.15, -0.1) is 0 Å².